The monoisotopic (exact) mass is 352 g/mol. The molecule has 1 aliphatic carbocycles. The summed E-state index contributed by atoms with van der Waals surface area (Å²) in [4.78, 5) is 23.3. The summed E-state index contributed by atoms with van der Waals surface area (Å²) in [6, 6.07) is 4.96. The van der Waals surface area contributed by atoms with E-state index < -0.39 is 11.6 Å². The fourth-order valence-corrected chi connectivity index (χ4v) is 2.20. The number of fused-ring (bicyclic) bond motifs is 1. The van der Waals surface area contributed by atoms with Crippen LogP contribution in [0.25, 0.3) is 0 Å². The molecule has 5 heteroatoms. The predicted molar refractivity (Wildman–Crippen MR) is 66.6 cm³/mol. The van der Waals surface area contributed by atoms with Gasteiger partial charge in [-0.05, 0) is 40.8 Å². The molecular weight excluding hydrogens is 350 g/mol. The fourth-order valence-electron chi connectivity index (χ4n) is 1.34. The molecule has 0 saturated carbocycles. The van der Waals surface area contributed by atoms with E-state index >= 15 is 0 Å². The van der Waals surface area contributed by atoms with Gasteiger partial charge in [-0.3, -0.25) is 9.59 Å². The molecule has 0 bridgehead atoms. The average Bonchev–Trinajstić information content (AvgIpc) is 2.23. The molecule has 15 heavy (non-hydrogen) atoms. The van der Waals surface area contributed by atoms with Crippen molar-refractivity contribution < 1.29 is 9.59 Å². The number of Topliss-reactive ketones (excluding diaryl/α,β-unsaturated/α-hetero) is 2. The maximum Gasteiger partial charge on any atom is 0.206 e. The minimum absolute atomic E-state index is 0.198. The van der Waals surface area contributed by atoms with Crippen molar-refractivity contribution in [3.05, 3.63) is 43.0 Å². The van der Waals surface area contributed by atoms with Gasteiger partial charge in [-0.15, -0.1) is 0 Å². The highest BCUT2D eigenvalue weighted by Gasteiger charge is 2.30. The van der Waals surface area contributed by atoms with E-state index in [2.05, 4.69) is 22.6 Å². The molecule has 1 aliphatic rings. The number of ketones is 2. The van der Waals surface area contributed by atoms with Crippen LogP contribution in [0.5, 0.6) is 0 Å². The third kappa shape index (κ3) is 1.73. The van der Waals surface area contributed by atoms with Crippen LogP contribution >= 0.6 is 45.8 Å². The van der Waals surface area contributed by atoms with Crippen molar-refractivity contribution in [1.82, 2.24) is 0 Å². The molecule has 2 rings (SSSR count). The molecule has 0 atom stereocenters. The number of carbonyl (C=O) groups is 2. The van der Waals surface area contributed by atoms with Crippen molar-refractivity contribution in [2.24, 2.45) is 0 Å². The lowest BCUT2D eigenvalue weighted by molar-refractivity contribution is 0.0987. The molecule has 0 fully saturated rings. The number of hydrogen-bond acceptors (Lipinski definition) is 2. The van der Waals surface area contributed by atoms with Crippen LogP contribution in [0.1, 0.15) is 20.7 Å². The summed E-state index contributed by atoms with van der Waals surface area (Å²) in [5.74, 6) is -0.789. The van der Waals surface area contributed by atoms with E-state index in [1.807, 2.05) is 0 Å². The molecule has 0 heterocycles. The summed E-state index contributed by atoms with van der Waals surface area (Å²) in [7, 11) is 0. The second-order valence-electron chi connectivity index (χ2n) is 2.98. The van der Waals surface area contributed by atoms with Gasteiger partial charge in [0.05, 0.1) is 0 Å². The summed E-state index contributed by atoms with van der Waals surface area (Å²) >= 11 is 13.4. The number of carbonyl (C=O) groups excluding carboxylic acids is 2. The van der Waals surface area contributed by atoms with E-state index in [-0.39, 0.29) is 10.1 Å². The van der Waals surface area contributed by atoms with Gasteiger partial charge in [0.25, 0.3) is 0 Å². The van der Waals surface area contributed by atoms with Gasteiger partial charge in [0, 0.05) is 14.7 Å². The molecule has 0 amide bonds. The highest BCUT2D eigenvalue weighted by atomic mass is 127. The Morgan fingerprint density at radius 2 is 1.47 bits per heavy atom. The Hall–Kier alpha value is -0.390. The highest BCUT2D eigenvalue weighted by molar-refractivity contribution is 14.1. The van der Waals surface area contributed by atoms with E-state index in [0.29, 0.717) is 11.1 Å². The Balaban J connectivity index is 2.73. The predicted octanol–water partition coefficient (Wildman–Crippen LogP) is 3.36. The van der Waals surface area contributed by atoms with Gasteiger partial charge in [0.1, 0.15) is 10.1 Å². The second kappa shape index (κ2) is 3.88. The van der Waals surface area contributed by atoms with E-state index in [0.717, 1.165) is 3.57 Å². The van der Waals surface area contributed by atoms with Crippen LogP contribution in [0.3, 0.4) is 0 Å². The van der Waals surface area contributed by atoms with Crippen LogP contribution in [0.4, 0.5) is 0 Å². The number of hydrogen-bond donors (Lipinski definition) is 0. The number of halogens is 3. The smallest absolute Gasteiger partial charge is 0.206 e. The first-order chi connectivity index (χ1) is 7.02. The van der Waals surface area contributed by atoms with Crippen LogP contribution in [0.15, 0.2) is 28.3 Å². The van der Waals surface area contributed by atoms with Crippen LogP contribution in [-0.4, -0.2) is 11.6 Å². The lowest BCUT2D eigenvalue weighted by Crippen LogP contribution is -2.17. The summed E-state index contributed by atoms with van der Waals surface area (Å²) in [6.07, 6.45) is 0. The van der Waals surface area contributed by atoms with Crippen molar-refractivity contribution in [3.63, 3.8) is 0 Å². The molecule has 0 unspecified atom stereocenters. The number of rotatable bonds is 0. The largest absolute Gasteiger partial charge is 0.288 e. The summed E-state index contributed by atoms with van der Waals surface area (Å²) in [5, 5.41) is -0.397. The Kier molecular flexibility index (Phi) is 2.87. The third-order valence-corrected chi connectivity index (χ3v) is 3.55. The van der Waals surface area contributed by atoms with Crippen LogP contribution in [0.2, 0.25) is 0 Å². The van der Waals surface area contributed by atoms with E-state index in [4.69, 9.17) is 23.2 Å². The van der Waals surface area contributed by atoms with E-state index in [1.165, 1.54) is 0 Å². The summed E-state index contributed by atoms with van der Waals surface area (Å²) < 4.78 is 0.870. The SMILES string of the molecule is O=C1C(Cl)=C(Cl)C(=O)c2cc(I)ccc21. The lowest BCUT2D eigenvalue weighted by Gasteiger charge is -2.13. The minimum Gasteiger partial charge on any atom is -0.288 e. The standard InChI is InChI=1S/C10H3Cl2IO2/c11-7-8(12)10(15)6-3-4(13)1-2-5(6)9(7)14/h1-3H. The Bertz CT molecular complexity index is 520. The zero-order valence-electron chi connectivity index (χ0n) is 7.18. The first-order valence-electron chi connectivity index (χ1n) is 3.96. The first kappa shape index (κ1) is 11.1. The zero-order valence-corrected chi connectivity index (χ0v) is 10.9. The van der Waals surface area contributed by atoms with Gasteiger partial charge in [-0.1, -0.05) is 23.2 Å². The number of allylic oxidation sites excluding steroid dienone is 2. The topological polar surface area (TPSA) is 34.1 Å². The molecule has 2 nitrogen and oxygen atoms in total. The summed E-state index contributed by atoms with van der Waals surface area (Å²) in [6.45, 7) is 0. The molecule has 0 aliphatic heterocycles. The maximum atomic E-state index is 11.7. The molecule has 76 valence electrons. The molecule has 1 aromatic carbocycles. The van der Waals surface area contributed by atoms with E-state index in [9.17, 15) is 9.59 Å². The second-order valence-corrected chi connectivity index (χ2v) is 4.98. The molecular formula is C10H3Cl2IO2. The van der Waals surface area contributed by atoms with Crippen molar-refractivity contribution >= 4 is 57.4 Å². The van der Waals surface area contributed by atoms with Crippen LogP contribution in [0, 0.1) is 3.57 Å². The van der Waals surface area contributed by atoms with Gasteiger partial charge < -0.3 is 0 Å². The van der Waals surface area contributed by atoms with Crippen molar-refractivity contribution in [3.8, 4) is 0 Å². The van der Waals surface area contributed by atoms with Crippen LogP contribution in [-0.2, 0) is 0 Å². The normalized spacial score (nSPS) is 15.7. The molecule has 0 radical (unpaired) electrons. The Morgan fingerprint density at radius 1 is 0.933 bits per heavy atom. The zero-order chi connectivity index (χ0) is 11.2. The number of benzene rings is 1. The average molecular weight is 353 g/mol. The molecule has 0 saturated heterocycles. The van der Waals surface area contributed by atoms with Crippen molar-refractivity contribution in [1.29, 1.82) is 0 Å². The molecule has 1 aromatic rings. The Labute approximate surface area is 109 Å². The van der Waals surface area contributed by atoms with Gasteiger partial charge in [-0.25, -0.2) is 0 Å². The highest BCUT2D eigenvalue weighted by Crippen LogP contribution is 2.31. The molecule has 0 spiro atoms. The maximum absolute atomic E-state index is 11.7. The van der Waals surface area contributed by atoms with Gasteiger partial charge >= 0.3 is 0 Å². The van der Waals surface area contributed by atoms with Gasteiger partial charge in [0.15, 0.2) is 0 Å². The minimum atomic E-state index is -0.396. The lowest BCUT2D eigenvalue weighted by atomic mass is 9.95. The van der Waals surface area contributed by atoms with Gasteiger partial charge in [0.2, 0.25) is 11.6 Å². The van der Waals surface area contributed by atoms with Crippen molar-refractivity contribution in [2.75, 3.05) is 0 Å². The van der Waals surface area contributed by atoms with Crippen molar-refractivity contribution in [2.45, 2.75) is 0 Å². The third-order valence-electron chi connectivity index (χ3n) is 2.06. The molecule has 0 aromatic heterocycles. The fraction of sp³-hybridized carbons (Fsp3) is 0. The Morgan fingerprint density at radius 3 is 2.07 bits per heavy atom. The first-order valence-corrected chi connectivity index (χ1v) is 5.80. The van der Waals surface area contributed by atoms with Crippen LogP contribution < -0.4 is 0 Å². The molecule has 0 N–H and O–H groups in total. The quantitative estimate of drug-likeness (QED) is 0.671. The van der Waals surface area contributed by atoms with E-state index in [1.54, 1.807) is 18.2 Å². The van der Waals surface area contributed by atoms with Gasteiger partial charge in [-0.2, -0.15) is 0 Å². The summed E-state index contributed by atoms with van der Waals surface area (Å²) in [5.41, 5.74) is 0.635.